The molecule has 200 valence electrons. The Labute approximate surface area is 221 Å². The summed E-state index contributed by atoms with van der Waals surface area (Å²) in [6.45, 7) is 10.5. The number of carboxylic acids is 1. The molecular weight excluding hydrogens is 494 g/mol. The van der Waals surface area contributed by atoms with Gasteiger partial charge in [0.15, 0.2) is 0 Å². The smallest absolute Gasteiger partial charge is 0.410 e. The number of piperidine rings is 1. The van der Waals surface area contributed by atoms with Gasteiger partial charge in [-0.1, -0.05) is 6.92 Å². The summed E-state index contributed by atoms with van der Waals surface area (Å²) in [6.07, 6.45) is 2.31. The predicted octanol–water partition coefficient (Wildman–Crippen LogP) is 5.32. The third-order valence-corrected chi connectivity index (χ3v) is 7.45. The number of carbonyl (C=O) groups is 3. The molecule has 2 N–H and O–H groups in total. The standard InChI is InChI=1S/C27H35N3O6S/c1-17-16-30(26(34)36-27(2,3)4)13-9-21(17)35-22-15-18(29-11-5-6-12-29)7-8-19(22)24(31)28-20-10-14-37-23(20)25(32)33/h7-8,10,14-15,17,21H,5-6,9,11-13,16H2,1-4H3,(H,28,31)(H,32,33)/t17-,21?/m1/s1. The van der Waals surface area contributed by atoms with Gasteiger partial charge in [0.05, 0.1) is 11.3 Å². The van der Waals surface area contributed by atoms with E-state index in [2.05, 4.69) is 10.2 Å². The molecule has 9 nitrogen and oxygen atoms in total. The van der Waals surface area contributed by atoms with Crippen LogP contribution in [0.15, 0.2) is 29.6 Å². The minimum atomic E-state index is -1.09. The van der Waals surface area contributed by atoms with E-state index in [1.54, 1.807) is 22.4 Å². The molecule has 1 aromatic heterocycles. The fourth-order valence-electron chi connectivity index (χ4n) is 4.69. The van der Waals surface area contributed by atoms with Crippen molar-refractivity contribution in [2.45, 2.75) is 58.7 Å². The molecule has 10 heteroatoms. The number of hydrogen-bond donors (Lipinski definition) is 2. The normalized spacial score (nSPS) is 20.0. The average molecular weight is 530 g/mol. The maximum Gasteiger partial charge on any atom is 0.410 e. The number of aromatic carboxylic acids is 1. The Morgan fingerprint density at radius 2 is 1.84 bits per heavy atom. The molecule has 2 atom stereocenters. The van der Waals surface area contributed by atoms with Crippen molar-refractivity contribution < 1.29 is 29.0 Å². The molecule has 0 radical (unpaired) electrons. The third kappa shape index (κ3) is 6.54. The van der Waals surface area contributed by atoms with Crippen LogP contribution in [0.25, 0.3) is 0 Å². The maximum absolute atomic E-state index is 13.3. The summed E-state index contributed by atoms with van der Waals surface area (Å²) < 4.78 is 12.0. The van der Waals surface area contributed by atoms with Crippen molar-refractivity contribution in [3.8, 4) is 5.75 Å². The number of likely N-dealkylation sites (tertiary alicyclic amines) is 1. The van der Waals surface area contributed by atoms with Crippen LogP contribution < -0.4 is 15.0 Å². The highest BCUT2D eigenvalue weighted by Crippen LogP contribution is 2.33. The largest absolute Gasteiger partial charge is 0.489 e. The van der Waals surface area contributed by atoms with Crippen molar-refractivity contribution in [2.75, 3.05) is 36.4 Å². The molecule has 4 rings (SSSR count). The first-order chi connectivity index (χ1) is 17.5. The third-order valence-electron chi connectivity index (χ3n) is 6.55. The number of nitrogens with one attached hydrogen (secondary N) is 1. The van der Waals surface area contributed by atoms with Crippen LogP contribution in [0.3, 0.4) is 0 Å². The molecule has 0 aliphatic carbocycles. The van der Waals surface area contributed by atoms with Gasteiger partial charge in [-0.05, 0) is 57.2 Å². The van der Waals surface area contributed by atoms with Crippen LogP contribution in [0.2, 0.25) is 0 Å². The maximum atomic E-state index is 13.3. The van der Waals surface area contributed by atoms with Gasteiger partial charge in [0.2, 0.25) is 0 Å². The van der Waals surface area contributed by atoms with E-state index < -0.39 is 17.5 Å². The molecule has 2 amide bonds. The number of hydrogen-bond acceptors (Lipinski definition) is 7. The Hall–Kier alpha value is -3.27. The van der Waals surface area contributed by atoms with Gasteiger partial charge in [0, 0.05) is 50.3 Å². The topological polar surface area (TPSA) is 108 Å². The van der Waals surface area contributed by atoms with E-state index in [-0.39, 0.29) is 28.7 Å². The molecule has 2 aliphatic heterocycles. The minimum Gasteiger partial charge on any atom is -0.489 e. The van der Waals surface area contributed by atoms with Gasteiger partial charge >= 0.3 is 12.1 Å². The van der Waals surface area contributed by atoms with Crippen LogP contribution in [0.1, 0.15) is 67.0 Å². The lowest BCUT2D eigenvalue weighted by molar-refractivity contribution is 0.000291. The van der Waals surface area contributed by atoms with Crippen molar-refractivity contribution in [3.63, 3.8) is 0 Å². The lowest BCUT2D eigenvalue weighted by atomic mass is 9.96. The second kappa shape index (κ2) is 11.0. The van der Waals surface area contributed by atoms with E-state index in [0.717, 1.165) is 43.0 Å². The monoisotopic (exact) mass is 529 g/mol. The van der Waals surface area contributed by atoms with Gasteiger partial charge in [-0.3, -0.25) is 4.79 Å². The molecule has 3 heterocycles. The van der Waals surface area contributed by atoms with Gasteiger partial charge in [-0.15, -0.1) is 11.3 Å². The molecule has 0 bridgehead atoms. The molecule has 2 fully saturated rings. The SMILES string of the molecule is C[C@@H]1CN(C(=O)OC(C)(C)C)CCC1Oc1cc(N2CCCC2)ccc1C(=O)Nc1ccsc1C(=O)O. The van der Waals surface area contributed by atoms with Crippen LogP contribution in [0, 0.1) is 5.92 Å². The molecular formula is C27H35N3O6S. The molecule has 2 saturated heterocycles. The van der Waals surface area contributed by atoms with E-state index >= 15 is 0 Å². The van der Waals surface area contributed by atoms with Gasteiger partial charge in [-0.25, -0.2) is 9.59 Å². The van der Waals surface area contributed by atoms with E-state index in [1.807, 2.05) is 39.8 Å². The zero-order valence-electron chi connectivity index (χ0n) is 21.8. The van der Waals surface area contributed by atoms with E-state index in [0.29, 0.717) is 30.8 Å². The molecule has 0 spiro atoms. The van der Waals surface area contributed by atoms with E-state index in [9.17, 15) is 19.5 Å². The fourth-order valence-corrected chi connectivity index (χ4v) is 5.37. The Bertz CT molecular complexity index is 1150. The number of nitrogens with zero attached hydrogens (tertiary/aromatic N) is 2. The van der Waals surface area contributed by atoms with Crippen molar-refractivity contribution >= 4 is 40.7 Å². The number of anilines is 2. The number of thiophene rings is 1. The quantitative estimate of drug-likeness (QED) is 0.521. The van der Waals surface area contributed by atoms with Crippen LogP contribution in [0.4, 0.5) is 16.2 Å². The highest BCUT2D eigenvalue weighted by Gasteiger charge is 2.33. The number of benzene rings is 1. The van der Waals surface area contributed by atoms with Crippen molar-refractivity contribution in [3.05, 3.63) is 40.1 Å². The van der Waals surface area contributed by atoms with Crippen LogP contribution >= 0.6 is 11.3 Å². The summed E-state index contributed by atoms with van der Waals surface area (Å²) in [4.78, 5) is 41.4. The van der Waals surface area contributed by atoms with Crippen LogP contribution in [-0.4, -0.2) is 65.9 Å². The Balaban J connectivity index is 1.53. The average Bonchev–Trinajstić information content (AvgIpc) is 3.51. The first-order valence-corrected chi connectivity index (χ1v) is 13.6. The zero-order chi connectivity index (χ0) is 26.7. The highest BCUT2D eigenvalue weighted by atomic mass is 32.1. The lowest BCUT2D eigenvalue weighted by Crippen LogP contribution is -2.48. The minimum absolute atomic E-state index is 0.0168. The van der Waals surface area contributed by atoms with Gasteiger partial charge in [-0.2, -0.15) is 0 Å². The summed E-state index contributed by atoms with van der Waals surface area (Å²) >= 11 is 1.06. The number of amides is 2. The number of carboxylic acid groups (broad SMARTS) is 1. The highest BCUT2D eigenvalue weighted by molar-refractivity contribution is 7.12. The summed E-state index contributed by atoms with van der Waals surface area (Å²) in [5, 5.41) is 13.8. The molecule has 2 aromatic rings. The van der Waals surface area contributed by atoms with Crippen LogP contribution in [0.5, 0.6) is 5.75 Å². The Kier molecular flexibility index (Phi) is 7.96. The zero-order valence-corrected chi connectivity index (χ0v) is 22.6. The number of carbonyl (C=O) groups excluding carboxylic acids is 2. The molecule has 1 aromatic carbocycles. The van der Waals surface area contributed by atoms with E-state index in [4.69, 9.17) is 9.47 Å². The summed E-state index contributed by atoms with van der Waals surface area (Å²) in [7, 11) is 0. The van der Waals surface area contributed by atoms with Crippen molar-refractivity contribution in [1.29, 1.82) is 0 Å². The van der Waals surface area contributed by atoms with Gasteiger partial charge < -0.3 is 29.7 Å². The molecule has 2 aliphatic rings. The van der Waals surface area contributed by atoms with Gasteiger partial charge in [0.1, 0.15) is 22.3 Å². The van der Waals surface area contributed by atoms with E-state index in [1.165, 1.54) is 0 Å². The van der Waals surface area contributed by atoms with Crippen LogP contribution in [-0.2, 0) is 4.74 Å². The summed E-state index contributed by atoms with van der Waals surface area (Å²) in [5.74, 6) is -1.04. The fraction of sp³-hybridized carbons (Fsp3) is 0.519. The Morgan fingerprint density at radius 3 is 2.49 bits per heavy atom. The second-order valence-corrected chi connectivity index (χ2v) is 11.6. The Morgan fingerprint density at radius 1 is 1.11 bits per heavy atom. The van der Waals surface area contributed by atoms with Gasteiger partial charge in [0.25, 0.3) is 5.91 Å². The molecule has 1 unspecified atom stereocenters. The van der Waals surface area contributed by atoms with Crippen molar-refractivity contribution in [1.82, 2.24) is 4.90 Å². The summed E-state index contributed by atoms with van der Waals surface area (Å²) in [5.41, 5.74) is 1.03. The first kappa shape index (κ1) is 26.8. The summed E-state index contributed by atoms with van der Waals surface area (Å²) in [6, 6.07) is 7.14. The lowest BCUT2D eigenvalue weighted by Gasteiger charge is -2.37. The molecule has 37 heavy (non-hydrogen) atoms. The molecule has 0 saturated carbocycles. The predicted molar refractivity (Wildman–Crippen MR) is 143 cm³/mol. The van der Waals surface area contributed by atoms with Crippen molar-refractivity contribution in [2.24, 2.45) is 5.92 Å². The second-order valence-electron chi connectivity index (χ2n) is 10.6. The first-order valence-electron chi connectivity index (χ1n) is 12.7. The number of rotatable bonds is 6. The number of ether oxygens (including phenoxy) is 2.